The number of benzene rings is 2. The van der Waals surface area contributed by atoms with Crippen LogP contribution in [-0.4, -0.2) is 11.1 Å². The summed E-state index contributed by atoms with van der Waals surface area (Å²) in [5, 5.41) is 9.11. The summed E-state index contributed by atoms with van der Waals surface area (Å²) in [6.45, 7) is 0. The lowest BCUT2D eigenvalue weighted by atomic mass is 10.2. The summed E-state index contributed by atoms with van der Waals surface area (Å²) in [5.74, 6) is 0.146. The van der Waals surface area contributed by atoms with Crippen molar-refractivity contribution in [1.29, 1.82) is 0 Å². The highest BCUT2D eigenvalue weighted by atomic mass is 127. The van der Waals surface area contributed by atoms with E-state index in [0.29, 0.717) is 11.3 Å². The number of carbonyl (C=O) groups is 1. The second-order valence-electron chi connectivity index (χ2n) is 3.36. The van der Waals surface area contributed by atoms with E-state index < -0.39 is 5.97 Å². The van der Waals surface area contributed by atoms with Crippen molar-refractivity contribution in [1.82, 2.24) is 0 Å². The minimum Gasteiger partial charge on any atom is -0.508 e. The van der Waals surface area contributed by atoms with E-state index in [4.69, 9.17) is 9.84 Å². The third-order valence-electron chi connectivity index (χ3n) is 2.14. The number of carbonyl (C=O) groups excluding carboxylic acids is 1. The second kappa shape index (κ2) is 5.18. The number of phenols is 1. The minimum absolute atomic E-state index is 0.138. The Morgan fingerprint density at radius 1 is 1.06 bits per heavy atom. The fraction of sp³-hybridized carbons (Fsp3) is 0. The third kappa shape index (κ3) is 2.97. The molecule has 2 aromatic carbocycles. The highest BCUT2D eigenvalue weighted by Gasteiger charge is 2.11. The zero-order chi connectivity index (χ0) is 12.3. The lowest BCUT2D eigenvalue weighted by Gasteiger charge is -2.05. The van der Waals surface area contributed by atoms with Gasteiger partial charge in [-0.1, -0.05) is 12.1 Å². The molecule has 3 nitrogen and oxygen atoms in total. The van der Waals surface area contributed by atoms with Crippen molar-refractivity contribution in [3.8, 4) is 11.5 Å². The average Bonchev–Trinajstić information content (AvgIpc) is 2.32. The topological polar surface area (TPSA) is 46.5 Å². The number of rotatable bonds is 2. The molecule has 0 amide bonds. The number of hydrogen-bond donors (Lipinski definition) is 1. The van der Waals surface area contributed by atoms with Crippen LogP contribution in [0.25, 0.3) is 0 Å². The van der Waals surface area contributed by atoms with E-state index >= 15 is 0 Å². The van der Waals surface area contributed by atoms with Gasteiger partial charge in [-0.2, -0.15) is 0 Å². The van der Waals surface area contributed by atoms with Gasteiger partial charge in [0.15, 0.2) is 0 Å². The Morgan fingerprint density at radius 2 is 1.71 bits per heavy atom. The van der Waals surface area contributed by atoms with E-state index in [9.17, 15) is 4.79 Å². The van der Waals surface area contributed by atoms with Crippen molar-refractivity contribution in [2.45, 2.75) is 0 Å². The lowest BCUT2D eigenvalue weighted by Crippen LogP contribution is -2.09. The van der Waals surface area contributed by atoms with E-state index in [1.165, 1.54) is 12.1 Å². The van der Waals surface area contributed by atoms with Gasteiger partial charge in [0.05, 0.1) is 5.56 Å². The standard InChI is InChI=1S/C13H9IO3/c14-12-4-2-1-3-11(12)13(16)17-10-7-5-9(15)6-8-10/h1-8,15H. The van der Waals surface area contributed by atoms with Crippen LogP contribution in [0.3, 0.4) is 0 Å². The molecule has 0 unspecified atom stereocenters. The van der Waals surface area contributed by atoms with Gasteiger partial charge in [-0.15, -0.1) is 0 Å². The maximum Gasteiger partial charge on any atom is 0.344 e. The van der Waals surface area contributed by atoms with Gasteiger partial charge in [-0.05, 0) is 59.0 Å². The van der Waals surface area contributed by atoms with Crippen LogP contribution in [-0.2, 0) is 0 Å². The quantitative estimate of drug-likeness (QED) is 0.519. The summed E-state index contributed by atoms with van der Waals surface area (Å²) in [6.07, 6.45) is 0. The van der Waals surface area contributed by atoms with Crippen LogP contribution in [0.1, 0.15) is 10.4 Å². The first kappa shape index (κ1) is 11.9. The van der Waals surface area contributed by atoms with Crippen molar-refractivity contribution in [2.75, 3.05) is 0 Å². The molecule has 0 spiro atoms. The number of ether oxygens (including phenoxy) is 1. The first-order valence-corrected chi connectivity index (χ1v) is 6.00. The van der Waals surface area contributed by atoms with Crippen LogP contribution in [0.5, 0.6) is 11.5 Å². The van der Waals surface area contributed by atoms with Crippen LogP contribution in [0.4, 0.5) is 0 Å². The molecule has 0 bridgehead atoms. The van der Waals surface area contributed by atoms with Crippen molar-refractivity contribution in [2.24, 2.45) is 0 Å². The number of phenolic OH excluding ortho intramolecular Hbond substituents is 1. The van der Waals surface area contributed by atoms with E-state index in [2.05, 4.69) is 22.6 Å². The van der Waals surface area contributed by atoms with Crippen LogP contribution >= 0.6 is 22.6 Å². The van der Waals surface area contributed by atoms with Gasteiger partial charge in [0.1, 0.15) is 11.5 Å². The van der Waals surface area contributed by atoms with Crippen molar-refractivity contribution in [3.05, 3.63) is 57.7 Å². The predicted octanol–water partition coefficient (Wildman–Crippen LogP) is 3.22. The van der Waals surface area contributed by atoms with Gasteiger partial charge >= 0.3 is 5.97 Å². The molecule has 0 aliphatic carbocycles. The number of hydrogen-bond acceptors (Lipinski definition) is 3. The molecule has 2 rings (SSSR count). The van der Waals surface area contributed by atoms with Gasteiger partial charge in [0.25, 0.3) is 0 Å². The molecular formula is C13H9IO3. The smallest absolute Gasteiger partial charge is 0.344 e. The van der Waals surface area contributed by atoms with Crippen molar-refractivity contribution in [3.63, 3.8) is 0 Å². The molecule has 0 aliphatic rings. The summed E-state index contributed by atoms with van der Waals surface area (Å²) in [6, 6.07) is 13.2. The van der Waals surface area contributed by atoms with Gasteiger partial charge in [-0.3, -0.25) is 0 Å². The average molecular weight is 340 g/mol. The Bertz CT molecular complexity index is 535. The van der Waals surface area contributed by atoms with Gasteiger partial charge in [0.2, 0.25) is 0 Å². The summed E-state index contributed by atoms with van der Waals surface area (Å²) in [5.41, 5.74) is 0.529. The number of aromatic hydroxyl groups is 1. The van der Waals surface area contributed by atoms with E-state index in [-0.39, 0.29) is 5.75 Å². The highest BCUT2D eigenvalue weighted by Crippen LogP contribution is 2.19. The van der Waals surface area contributed by atoms with E-state index in [1.54, 1.807) is 24.3 Å². The molecule has 17 heavy (non-hydrogen) atoms. The molecule has 0 atom stereocenters. The monoisotopic (exact) mass is 340 g/mol. The second-order valence-corrected chi connectivity index (χ2v) is 4.53. The molecule has 0 heterocycles. The van der Waals surface area contributed by atoms with E-state index in [0.717, 1.165) is 3.57 Å². The van der Waals surface area contributed by atoms with Crippen molar-refractivity contribution < 1.29 is 14.6 Å². The molecule has 0 aromatic heterocycles. The third-order valence-corrected chi connectivity index (χ3v) is 3.08. The van der Waals surface area contributed by atoms with Gasteiger partial charge in [0, 0.05) is 3.57 Å². The molecule has 0 fully saturated rings. The Hall–Kier alpha value is -1.56. The van der Waals surface area contributed by atoms with Crippen LogP contribution in [0, 0.1) is 3.57 Å². The maximum atomic E-state index is 11.8. The summed E-state index contributed by atoms with van der Waals surface area (Å²) in [7, 11) is 0. The van der Waals surface area contributed by atoms with Crippen LogP contribution < -0.4 is 4.74 Å². The van der Waals surface area contributed by atoms with Gasteiger partial charge in [-0.25, -0.2) is 4.79 Å². The molecule has 0 saturated carbocycles. The Morgan fingerprint density at radius 3 is 2.35 bits per heavy atom. The van der Waals surface area contributed by atoms with Gasteiger partial charge < -0.3 is 9.84 Å². The zero-order valence-electron chi connectivity index (χ0n) is 8.76. The molecule has 2 aromatic rings. The maximum absolute atomic E-state index is 11.8. The zero-order valence-corrected chi connectivity index (χ0v) is 10.9. The lowest BCUT2D eigenvalue weighted by molar-refractivity contribution is 0.0733. The molecule has 4 heteroatoms. The fourth-order valence-electron chi connectivity index (χ4n) is 1.30. The van der Waals surface area contributed by atoms with E-state index in [1.807, 2.05) is 12.1 Å². The Balaban J connectivity index is 2.17. The van der Waals surface area contributed by atoms with Crippen LogP contribution in [0.2, 0.25) is 0 Å². The number of halogens is 1. The van der Waals surface area contributed by atoms with Crippen molar-refractivity contribution >= 4 is 28.6 Å². The summed E-state index contributed by atoms with van der Waals surface area (Å²) >= 11 is 2.08. The molecular weight excluding hydrogens is 331 g/mol. The molecule has 0 saturated heterocycles. The Kier molecular flexibility index (Phi) is 3.63. The first-order valence-electron chi connectivity index (χ1n) is 4.92. The fourth-order valence-corrected chi connectivity index (χ4v) is 1.91. The van der Waals surface area contributed by atoms with Crippen LogP contribution in [0.15, 0.2) is 48.5 Å². The first-order chi connectivity index (χ1) is 8.16. The summed E-state index contributed by atoms with van der Waals surface area (Å²) in [4.78, 5) is 11.8. The molecule has 1 N–H and O–H groups in total. The normalized spacial score (nSPS) is 9.94. The Labute approximate surface area is 112 Å². The molecule has 0 aliphatic heterocycles. The highest BCUT2D eigenvalue weighted by molar-refractivity contribution is 14.1. The molecule has 86 valence electrons. The predicted molar refractivity (Wildman–Crippen MR) is 72.2 cm³/mol. The number of esters is 1. The molecule has 0 radical (unpaired) electrons. The summed E-state index contributed by atoms with van der Waals surface area (Å²) < 4.78 is 6.02. The minimum atomic E-state index is -0.402. The SMILES string of the molecule is O=C(Oc1ccc(O)cc1)c1ccccc1I. The largest absolute Gasteiger partial charge is 0.508 e.